The predicted molar refractivity (Wildman–Crippen MR) is 66.5 cm³/mol. The third-order valence-corrected chi connectivity index (χ3v) is 4.67. The van der Waals surface area contributed by atoms with Gasteiger partial charge in [-0.05, 0) is 12.8 Å². The maximum atomic E-state index is 11.0. The van der Waals surface area contributed by atoms with Crippen molar-refractivity contribution in [1.29, 1.82) is 0 Å². The minimum atomic E-state index is -3.51. The summed E-state index contributed by atoms with van der Waals surface area (Å²) in [5, 5.41) is 0. The minimum absolute atomic E-state index is 0.0117. The van der Waals surface area contributed by atoms with Crippen molar-refractivity contribution >= 4 is 20.2 Å². The summed E-state index contributed by atoms with van der Waals surface area (Å²) >= 11 is 0. The molecule has 0 saturated carbocycles. The Kier molecular flexibility index (Phi) is 4.22. The first-order valence-corrected chi connectivity index (χ1v) is 9.63. The molecular formula is C10H18O7S2. The van der Waals surface area contributed by atoms with Crippen LogP contribution in [0.1, 0.15) is 12.8 Å². The molecule has 2 fully saturated rings. The molecular weight excluding hydrogens is 296 g/mol. The van der Waals surface area contributed by atoms with E-state index in [1.807, 2.05) is 0 Å². The van der Waals surface area contributed by atoms with Gasteiger partial charge in [0.2, 0.25) is 0 Å². The lowest BCUT2D eigenvalue weighted by atomic mass is 9.80. The van der Waals surface area contributed by atoms with Crippen LogP contribution >= 0.6 is 0 Å². The second-order valence-electron chi connectivity index (χ2n) is 5.10. The Bertz CT molecular complexity index is 476. The van der Waals surface area contributed by atoms with E-state index in [1.54, 1.807) is 0 Å². The molecule has 0 aromatic carbocycles. The smallest absolute Gasteiger partial charge is 0.264 e. The Morgan fingerprint density at radius 3 is 1.58 bits per heavy atom. The summed E-state index contributed by atoms with van der Waals surface area (Å²) in [6.45, 7) is 0.0234. The van der Waals surface area contributed by atoms with Crippen LogP contribution in [-0.4, -0.2) is 54.8 Å². The highest BCUT2D eigenvalue weighted by molar-refractivity contribution is 7.86. The molecule has 0 unspecified atom stereocenters. The fourth-order valence-corrected chi connectivity index (χ4v) is 3.55. The number of ether oxygens (including phenoxy) is 1. The maximum absolute atomic E-state index is 11.0. The van der Waals surface area contributed by atoms with Crippen molar-refractivity contribution in [3.63, 3.8) is 0 Å². The van der Waals surface area contributed by atoms with Crippen molar-refractivity contribution in [2.45, 2.75) is 25.0 Å². The Morgan fingerprint density at radius 1 is 0.895 bits per heavy atom. The Morgan fingerprint density at radius 2 is 1.26 bits per heavy atom. The van der Waals surface area contributed by atoms with Crippen LogP contribution in [0.4, 0.5) is 0 Å². The predicted octanol–water partition coefficient (Wildman–Crippen LogP) is -0.268. The van der Waals surface area contributed by atoms with Gasteiger partial charge in [-0.25, -0.2) is 0 Å². The van der Waals surface area contributed by atoms with E-state index in [0.717, 1.165) is 25.4 Å². The molecule has 0 aromatic heterocycles. The molecule has 2 heterocycles. The minimum Gasteiger partial charge on any atom is -0.374 e. The van der Waals surface area contributed by atoms with E-state index < -0.39 is 20.2 Å². The number of hydrogen-bond acceptors (Lipinski definition) is 7. The van der Waals surface area contributed by atoms with Crippen molar-refractivity contribution in [3.05, 3.63) is 0 Å². The second kappa shape index (κ2) is 5.28. The lowest BCUT2D eigenvalue weighted by molar-refractivity contribution is 0.0792. The van der Waals surface area contributed by atoms with Gasteiger partial charge in [-0.1, -0.05) is 0 Å². The number of fused-ring (bicyclic) bond motifs is 2. The topological polar surface area (TPSA) is 96.0 Å². The molecule has 2 saturated heterocycles. The van der Waals surface area contributed by atoms with Gasteiger partial charge in [-0.15, -0.1) is 0 Å². The van der Waals surface area contributed by atoms with Crippen molar-refractivity contribution < 1.29 is 29.9 Å². The summed E-state index contributed by atoms with van der Waals surface area (Å²) in [6, 6.07) is 0. The summed E-state index contributed by atoms with van der Waals surface area (Å²) in [5.74, 6) is -0.287. The van der Waals surface area contributed by atoms with Gasteiger partial charge in [0.15, 0.2) is 0 Å². The van der Waals surface area contributed by atoms with Crippen molar-refractivity contribution in [2.75, 3.05) is 25.7 Å². The fraction of sp³-hybridized carbons (Fsp3) is 1.00. The molecule has 0 aliphatic carbocycles. The molecule has 4 atom stereocenters. The standard InChI is InChI=1S/C10H18O7S2/c1-18(11,12)15-5-7-8(6-16-19(2,13)14)10-4-3-9(7)17-10/h7-10H,3-6H2,1-2H3/t7-,8+,9+,10-. The molecule has 19 heavy (non-hydrogen) atoms. The Balaban J connectivity index is 1.99. The Hall–Kier alpha value is -0.220. The number of hydrogen-bond donors (Lipinski definition) is 0. The normalized spacial score (nSPS) is 34.8. The van der Waals surface area contributed by atoms with Gasteiger partial charge in [-0.3, -0.25) is 8.37 Å². The fourth-order valence-electron chi connectivity index (χ4n) is 2.74. The maximum Gasteiger partial charge on any atom is 0.264 e. The molecule has 2 bridgehead atoms. The van der Waals surface area contributed by atoms with Gasteiger partial charge >= 0.3 is 0 Å². The zero-order valence-corrected chi connectivity index (χ0v) is 12.4. The molecule has 2 aliphatic rings. The average molecular weight is 314 g/mol. The molecule has 0 radical (unpaired) electrons. The third kappa shape index (κ3) is 4.12. The summed E-state index contributed by atoms with van der Waals surface area (Å²) < 4.78 is 59.4. The monoisotopic (exact) mass is 314 g/mol. The van der Waals surface area contributed by atoms with Crippen LogP contribution in [0.25, 0.3) is 0 Å². The van der Waals surface area contributed by atoms with Gasteiger partial charge in [-0.2, -0.15) is 16.8 Å². The molecule has 0 aromatic rings. The summed E-state index contributed by atoms with van der Waals surface area (Å²) in [4.78, 5) is 0. The molecule has 0 amide bonds. The highest BCUT2D eigenvalue weighted by Crippen LogP contribution is 2.43. The third-order valence-electron chi connectivity index (χ3n) is 3.54. The van der Waals surface area contributed by atoms with E-state index in [4.69, 9.17) is 13.1 Å². The molecule has 9 heteroatoms. The van der Waals surface area contributed by atoms with Crippen molar-refractivity contribution in [3.8, 4) is 0 Å². The summed E-state index contributed by atoms with van der Waals surface area (Å²) in [5.41, 5.74) is 0. The van der Waals surface area contributed by atoms with Gasteiger partial charge in [0.25, 0.3) is 20.2 Å². The lowest BCUT2D eigenvalue weighted by Gasteiger charge is -2.26. The molecule has 7 nitrogen and oxygen atoms in total. The van der Waals surface area contributed by atoms with Gasteiger partial charge < -0.3 is 4.74 Å². The molecule has 0 spiro atoms. The van der Waals surface area contributed by atoms with Crippen molar-refractivity contribution in [1.82, 2.24) is 0 Å². The summed E-state index contributed by atoms with van der Waals surface area (Å²) in [6.07, 6.45) is 3.53. The first kappa shape index (κ1) is 15.2. The molecule has 2 aliphatic heterocycles. The van der Waals surface area contributed by atoms with Crippen LogP contribution in [0.3, 0.4) is 0 Å². The van der Waals surface area contributed by atoms with E-state index in [0.29, 0.717) is 0 Å². The van der Waals surface area contributed by atoms with Crippen LogP contribution in [0.2, 0.25) is 0 Å². The SMILES string of the molecule is CS(=O)(=O)OC[C@@H]1[C@H](COS(C)(=O)=O)[C@H]2CC[C@@H]1O2. The van der Waals surface area contributed by atoms with Crippen LogP contribution in [0.15, 0.2) is 0 Å². The largest absolute Gasteiger partial charge is 0.374 e. The molecule has 2 rings (SSSR count). The zero-order valence-electron chi connectivity index (χ0n) is 10.8. The van der Waals surface area contributed by atoms with E-state index in [9.17, 15) is 16.8 Å². The zero-order chi connectivity index (χ0) is 14.3. The lowest BCUT2D eigenvalue weighted by Crippen LogP contribution is -2.35. The summed E-state index contributed by atoms with van der Waals surface area (Å²) in [7, 11) is -7.02. The van der Waals surface area contributed by atoms with Crippen LogP contribution in [-0.2, 0) is 33.3 Å². The van der Waals surface area contributed by atoms with Crippen molar-refractivity contribution in [2.24, 2.45) is 11.8 Å². The Labute approximate surface area is 113 Å². The quantitative estimate of drug-likeness (QED) is 0.623. The van der Waals surface area contributed by atoms with Gasteiger partial charge in [0.05, 0.1) is 37.9 Å². The van der Waals surface area contributed by atoms with Crippen LogP contribution in [0.5, 0.6) is 0 Å². The second-order valence-corrected chi connectivity index (χ2v) is 8.38. The first-order chi connectivity index (χ1) is 8.66. The van der Waals surface area contributed by atoms with Crippen LogP contribution < -0.4 is 0 Å². The van der Waals surface area contributed by atoms with E-state index >= 15 is 0 Å². The van der Waals surface area contributed by atoms with Gasteiger partial charge in [0, 0.05) is 11.8 Å². The average Bonchev–Trinajstić information content (AvgIpc) is 2.81. The van der Waals surface area contributed by atoms with E-state index in [2.05, 4.69) is 0 Å². The molecule has 112 valence electrons. The molecule has 0 N–H and O–H groups in total. The van der Waals surface area contributed by atoms with E-state index in [-0.39, 0.29) is 37.3 Å². The highest BCUT2D eigenvalue weighted by atomic mass is 32.2. The first-order valence-electron chi connectivity index (χ1n) is 6.00. The highest BCUT2D eigenvalue weighted by Gasteiger charge is 2.49. The van der Waals surface area contributed by atoms with Gasteiger partial charge in [0.1, 0.15) is 0 Å². The van der Waals surface area contributed by atoms with E-state index in [1.165, 1.54) is 0 Å². The van der Waals surface area contributed by atoms with Crippen LogP contribution in [0, 0.1) is 11.8 Å². The number of rotatable bonds is 6.